The maximum absolute atomic E-state index is 13.3. The zero-order chi connectivity index (χ0) is 21.3. The molecule has 3 aromatic rings. The van der Waals surface area contributed by atoms with Crippen LogP contribution in [0.5, 0.6) is 0 Å². The summed E-state index contributed by atoms with van der Waals surface area (Å²) in [5, 5.41) is 3.74. The van der Waals surface area contributed by atoms with Crippen molar-refractivity contribution in [2.45, 2.75) is 20.4 Å². The molecule has 1 heterocycles. The highest BCUT2D eigenvalue weighted by Gasteiger charge is 2.39. The van der Waals surface area contributed by atoms with Crippen LogP contribution in [0.4, 0.5) is 5.69 Å². The van der Waals surface area contributed by atoms with Crippen LogP contribution in [0.15, 0.2) is 78.5 Å². The summed E-state index contributed by atoms with van der Waals surface area (Å²) in [5.41, 5.74) is 5.16. The molecule has 0 saturated carbocycles. The van der Waals surface area contributed by atoms with Crippen LogP contribution in [0, 0.1) is 13.8 Å². The first-order valence-corrected chi connectivity index (χ1v) is 10.1. The predicted molar refractivity (Wildman–Crippen MR) is 120 cm³/mol. The highest BCUT2D eigenvalue weighted by Crippen LogP contribution is 2.32. The maximum atomic E-state index is 13.3. The molecule has 0 bridgehead atoms. The van der Waals surface area contributed by atoms with Gasteiger partial charge < -0.3 is 5.32 Å². The van der Waals surface area contributed by atoms with Crippen LogP contribution in [0.1, 0.15) is 22.3 Å². The molecule has 0 unspecified atom stereocenters. The molecule has 5 heteroatoms. The second-order valence-electron chi connectivity index (χ2n) is 7.43. The van der Waals surface area contributed by atoms with Crippen molar-refractivity contribution in [1.82, 2.24) is 4.90 Å². The monoisotopic (exact) mass is 416 g/mol. The van der Waals surface area contributed by atoms with E-state index in [0.717, 1.165) is 22.4 Å². The van der Waals surface area contributed by atoms with Crippen molar-refractivity contribution in [3.63, 3.8) is 0 Å². The van der Waals surface area contributed by atoms with Crippen LogP contribution in [0.3, 0.4) is 0 Å². The maximum Gasteiger partial charge on any atom is 0.278 e. The molecule has 0 aliphatic carbocycles. The van der Waals surface area contributed by atoms with E-state index in [1.165, 1.54) is 4.90 Å². The van der Waals surface area contributed by atoms with Crippen LogP contribution >= 0.6 is 11.6 Å². The van der Waals surface area contributed by atoms with Gasteiger partial charge in [-0.2, -0.15) is 0 Å². The van der Waals surface area contributed by atoms with Gasteiger partial charge >= 0.3 is 0 Å². The second-order valence-corrected chi connectivity index (χ2v) is 7.87. The third-order valence-electron chi connectivity index (χ3n) is 5.08. The molecule has 4 nitrogen and oxygen atoms in total. The number of carbonyl (C=O) groups is 2. The normalized spacial score (nSPS) is 13.9. The van der Waals surface area contributed by atoms with Crippen molar-refractivity contribution < 1.29 is 9.59 Å². The van der Waals surface area contributed by atoms with Crippen LogP contribution < -0.4 is 5.32 Å². The Morgan fingerprint density at radius 2 is 1.33 bits per heavy atom. The van der Waals surface area contributed by atoms with Gasteiger partial charge in [-0.3, -0.25) is 14.5 Å². The summed E-state index contributed by atoms with van der Waals surface area (Å²) in [4.78, 5) is 27.9. The average Bonchev–Trinajstić information content (AvgIpc) is 2.96. The third-order valence-corrected chi connectivity index (χ3v) is 5.34. The van der Waals surface area contributed by atoms with Crippen LogP contribution in [-0.2, 0) is 16.1 Å². The fourth-order valence-corrected chi connectivity index (χ4v) is 3.50. The zero-order valence-corrected chi connectivity index (χ0v) is 17.5. The SMILES string of the molecule is Cc1ccc(CN2C(=O)C(Nc3ccc(C)cc3)=C(c3ccc(Cl)cc3)C2=O)cc1. The molecule has 3 aromatic carbocycles. The van der Waals surface area contributed by atoms with Gasteiger partial charge in [0.15, 0.2) is 0 Å². The Kier molecular flexibility index (Phi) is 5.42. The molecule has 1 aliphatic rings. The number of nitrogens with one attached hydrogen (secondary N) is 1. The van der Waals surface area contributed by atoms with Crippen molar-refractivity contribution in [3.05, 3.63) is 106 Å². The Morgan fingerprint density at radius 1 is 0.767 bits per heavy atom. The summed E-state index contributed by atoms with van der Waals surface area (Å²) in [6, 6.07) is 22.5. The quantitative estimate of drug-likeness (QED) is 0.570. The molecule has 0 spiro atoms. The van der Waals surface area contributed by atoms with Crippen molar-refractivity contribution in [1.29, 1.82) is 0 Å². The van der Waals surface area contributed by atoms with Gasteiger partial charge in [0.2, 0.25) is 0 Å². The molecular formula is C25H21ClN2O2. The molecule has 30 heavy (non-hydrogen) atoms. The summed E-state index contributed by atoms with van der Waals surface area (Å²) in [6.07, 6.45) is 0. The Bertz CT molecular complexity index is 1130. The van der Waals surface area contributed by atoms with E-state index < -0.39 is 0 Å². The van der Waals surface area contributed by atoms with Gasteiger partial charge in [0.1, 0.15) is 5.70 Å². The van der Waals surface area contributed by atoms with Crippen molar-refractivity contribution >= 4 is 34.7 Å². The average molecular weight is 417 g/mol. The van der Waals surface area contributed by atoms with Gasteiger partial charge in [-0.1, -0.05) is 71.3 Å². The molecule has 1 aliphatic heterocycles. The number of aryl methyl sites for hydroxylation is 2. The largest absolute Gasteiger partial charge is 0.350 e. The number of benzene rings is 3. The lowest BCUT2D eigenvalue weighted by atomic mass is 10.0. The lowest BCUT2D eigenvalue weighted by Gasteiger charge is -2.15. The fourth-order valence-electron chi connectivity index (χ4n) is 3.38. The van der Waals surface area contributed by atoms with E-state index >= 15 is 0 Å². The number of imide groups is 1. The van der Waals surface area contributed by atoms with Crippen LogP contribution in [-0.4, -0.2) is 16.7 Å². The summed E-state index contributed by atoms with van der Waals surface area (Å²) in [6.45, 7) is 4.21. The minimum Gasteiger partial charge on any atom is -0.350 e. The summed E-state index contributed by atoms with van der Waals surface area (Å²) >= 11 is 6.02. The number of anilines is 1. The van der Waals surface area contributed by atoms with E-state index in [-0.39, 0.29) is 24.1 Å². The van der Waals surface area contributed by atoms with Gasteiger partial charge in [0.25, 0.3) is 11.8 Å². The number of halogens is 1. The molecule has 1 N–H and O–H groups in total. The molecule has 150 valence electrons. The van der Waals surface area contributed by atoms with E-state index in [0.29, 0.717) is 16.2 Å². The van der Waals surface area contributed by atoms with E-state index in [1.807, 2.05) is 62.4 Å². The number of rotatable bonds is 5. The molecule has 0 fully saturated rings. The lowest BCUT2D eigenvalue weighted by Crippen LogP contribution is -2.32. The van der Waals surface area contributed by atoms with Gasteiger partial charge in [-0.15, -0.1) is 0 Å². The smallest absolute Gasteiger partial charge is 0.278 e. The van der Waals surface area contributed by atoms with Crippen molar-refractivity contribution in [2.75, 3.05) is 5.32 Å². The molecule has 0 saturated heterocycles. The standard InChI is InChI=1S/C25H21ClN2O2/c1-16-3-7-18(8-4-16)15-28-24(29)22(19-9-11-20(26)12-10-19)23(25(28)30)27-21-13-5-17(2)6-14-21/h3-14,27H,15H2,1-2H3. The molecule has 2 amide bonds. The van der Waals surface area contributed by atoms with Gasteiger partial charge in [0, 0.05) is 10.7 Å². The molecule has 0 radical (unpaired) electrons. The first-order chi connectivity index (χ1) is 14.4. The second kappa shape index (κ2) is 8.17. The molecule has 0 aromatic heterocycles. The summed E-state index contributed by atoms with van der Waals surface area (Å²) in [5.74, 6) is -0.663. The number of hydrogen-bond acceptors (Lipinski definition) is 3. The van der Waals surface area contributed by atoms with Gasteiger partial charge in [-0.05, 0) is 49.2 Å². The number of amides is 2. The highest BCUT2D eigenvalue weighted by molar-refractivity contribution is 6.36. The topological polar surface area (TPSA) is 49.4 Å². The summed E-state index contributed by atoms with van der Waals surface area (Å²) in [7, 11) is 0. The van der Waals surface area contributed by atoms with Crippen molar-refractivity contribution in [3.8, 4) is 0 Å². The Balaban J connectivity index is 1.72. The van der Waals surface area contributed by atoms with E-state index in [4.69, 9.17) is 11.6 Å². The third kappa shape index (κ3) is 4.00. The molecular weight excluding hydrogens is 396 g/mol. The predicted octanol–water partition coefficient (Wildman–Crippen LogP) is 5.35. The van der Waals surface area contributed by atoms with E-state index in [9.17, 15) is 9.59 Å². The number of nitrogens with zero attached hydrogens (tertiary/aromatic N) is 1. The Labute approximate surface area is 180 Å². The number of hydrogen-bond donors (Lipinski definition) is 1. The van der Waals surface area contributed by atoms with Crippen LogP contribution in [0.25, 0.3) is 5.57 Å². The summed E-state index contributed by atoms with van der Waals surface area (Å²) < 4.78 is 0. The lowest BCUT2D eigenvalue weighted by molar-refractivity contribution is -0.137. The van der Waals surface area contributed by atoms with E-state index in [2.05, 4.69) is 5.32 Å². The van der Waals surface area contributed by atoms with Crippen molar-refractivity contribution in [2.24, 2.45) is 0 Å². The Hall–Kier alpha value is -3.37. The zero-order valence-electron chi connectivity index (χ0n) is 16.8. The first kappa shape index (κ1) is 19.9. The Morgan fingerprint density at radius 3 is 1.93 bits per heavy atom. The number of carbonyl (C=O) groups excluding carboxylic acids is 2. The minimum absolute atomic E-state index is 0.216. The molecule has 0 atom stereocenters. The van der Waals surface area contributed by atoms with Gasteiger partial charge in [0.05, 0.1) is 12.1 Å². The first-order valence-electron chi connectivity index (χ1n) is 9.68. The fraction of sp³-hybridized carbons (Fsp3) is 0.120. The molecule has 4 rings (SSSR count). The van der Waals surface area contributed by atoms with E-state index in [1.54, 1.807) is 24.3 Å². The van der Waals surface area contributed by atoms with Crippen LogP contribution in [0.2, 0.25) is 5.02 Å². The van der Waals surface area contributed by atoms with Gasteiger partial charge in [-0.25, -0.2) is 0 Å². The minimum atomic E-state index is -0.342. The highest BCUT2D eigenvalue weighted by atomic mass is 35.5.